The van der Waals surface area contributed by atoms with Gasteiger partial charge in [-0.15, -0.1) is 0 Å². The number of likely N-dealkylation sites (N-methyl/N-ethyl adjacent to an activating group) is 1. The lowest BCUT2D eigenvalue weighted by atomic mass is 9.89. The fourth-order valence-electron chi connectivity index (χ4n) is 8.00. The van der Waals surface area contributed by atoms with E-state index in [9.17, 15) is 14.0 Å². The number of piperazine rings is 1. The number of amides is 1. The summed E-state index contributed by atoms with van der Waals surface area (Å²) >= 11 is 6.47. The highest BCUT2D eigenvalue weighted by Crippen LogP contribution is 2.37. The van der Waals surface area contributed by atoms with Gasteiger partial charge in [0.05, 0.1) is 10.6 Å². The second-order valence-electron chi connectivity index (χ2n) is 14.1. The standard InChI is InChI=1S/C38H45ClFN7O2/c1-23-21-27(13-16-32(23)46-19-17-45(3)18-20-46)43-38-41-22-30-24(2)33(29-9-6-10-31(40)34(29)39)37(49)47(35(30)44-38)28-14-11-26(12-15-28)42-36(48)25-7-4-5-8-25/h6,9-10,13,16,21-22,25-26,28H,4-5,7-8,11-12,14-15,17-20H2,1-3H3,(H,42,48)(H,41,43,44). The number of nitrogens with zero attached hydrogens (tertiary/aromatic N) is 5. The van der Waals surface area contributed by atoms with Gasteiger partial charge in [0.1, 0.15) is 11.5 Å². The molecule has 3 aliphatic rings. The minimum absolute atomic E-state index is 0.0813. The van der Waals surface area contributed by atoms with Crippen LogP contribution in [0.3, 0.4) is 0 Å². The topological polar surface area (TPSA) is 95.4 Å². The number of rotatable bonds is 7. The predicted octanol–water partition coefficient (Wildman–Crippen LogP) is 7.15. The molecule has 1 saturated heterocycles. The third kappa shape index (κ3) is 6.77. The summed E-state index contributed by atoms with van der Waals surface area (Å²) in [6, 6.07) is 10.8. The largest absolute Gasteiger partial charge is 0.369 e. The van der Waals surface area contributed by atoms with Crippen LogP contribution in [0.1, 0.15) is 68.5 Å². The van der Waals surface area contributed by atoms with Crippen LogP contribution in [0, 0.1) is 25.6 Å². The fourth-order valence-corrected chi connectivity index (χ4v) is 8.22. The van der Waals surface area contributed by atoms with Crippen LogP contribution in [0.25, 0.3) is 22.2 Å². The average molecular weight is 686 g/mol. The van der Waals surface area contributed by atoms with Crippen molar-refractivity contribution in [1.29, 1.82) is 0 Å². The van der Waals surface area contributed by atoms with E-state index in [1.54, 1.807) is 22.9 Å². The molecule has 11 heteroatoms. The van der Waals surface area contributed by atoms with Gasteiger partial charge in [0.15, 0.2) is 0 Å². The van der Waals surface area contributed by atoms with Crippen molar-refractivity contribution in [3.63, 3.8) is 0 Å². The molecule has 7 rings (SSSR count). The van der Waals surface area contributed by atoms with Crippen molar-refractivity contribution in [1.82, 2.24) is 24.8 Å². The molecule has 0 radical (unpaired) electrons. The molecule has 3 heterocycles. The summed E-state index contributed by atoms with van der Waals surface area (Å²) in [6.07, 6.45) is 8.82. The van der Waals surface area contributed by atoms with Gasteiger partial charge in [-0.2, -0.15) is 4.98 Å². The third-order valence-electron chi connectivity index (χ3n) is 10.9. The van der Waals surface area contributed by atoms with Crippen LogP contribution in [0.4, 0.5) is 21.7 Å². The molecule has 0 unspecified atom stereocenters. The number of hydrogen-bond acceptors (Lipinski definition) is 7. The summed E-state index contributed by atoms with van der Waals surface area (Å²) in [6.45, 7) is 8.02. The van der Waals surface area contributed by atoms with Gasteiger partial charge in [-0.05, 0) is 94.8 Å². The first kappa shape index (κ1) is 33.5. The number of anilines is 3. The molecule has 2 N–H and O–H groups in total. The van der Waals surface area contributed by atoms with E-state index < -0.39 is 5.82 Å². The van der Waals surface area contributed by atoms with Crippen LogP contribution in [-0.4, -0.2) is 64.6 Å². The second-order valence-corrected chi connectivity index (χ2v) is 14.5. The molecule has 0 bridgehead atoms. The Morgan fingerprint density at radius 1 is 0.980 bits per heavy atom. The highest BCUT2D eigenvalue weighted by atomic mass is 35.5. The lowest BCUT2D eigenvalue weighted by molar-refractivity contribution is -0.125. The van der Waals surface area contributed by atoms with Crippen molar-refractivity contribution >= 4 is 45.9 Å². The van der Waals surface area contributed by atoms with E-state index in [2.05, 4.69) is 51.5 Å². The first-order valence-corrected chi connectivity index (χ1v) is 18.0. The maximum atomic E-state index is 14.7. The summed E-state index contributed by atoms with van der Waals surface area (Å²) in [5.41, 5.74) is 4.89. The molecule has 3 fully saturated rings. The van der Waals surface area contributed by atoms with Gasteiger partial charge in [0.2, 0.25) is 11.9 Å². The normalized spacial score (nSPS) is 20.6. The Morgan fingerprint density at radius 3 is 2.43 bits per heavy atom. The first-order chi connectivity index (χ1) is 23.7. The molecular weight excluding hydrogens is 641 g/mol. The molecule has 0 spiro atoms. The molecular formula is C38H45ClFN7O2. The van der Waals surface area contributed by atoms with E-state index in [-0.39, 0.29) is 34.5 Å². The van der Waals surface area contributed by atoms with Crippen LogP contribution in [0.15, 0.2) is 47.4 Å². The van der Waals surface area contributed by atoms with Gasteiger partial charge in [0, 0.05) is 72.7 Å². The minimum atomic E-state index is -0.576. The van der Waals surface area contributed by atoms with Crippen LogP contribution in [0.5, 0.6) is 0 Å². The summed E-state index contributed by atoms with van der Waals surface area (Å²) in [5.74, 6) is 0.0975. The Balaban J connectivity index is 1.22. The summed E-state index contributed by atoms with van der Waals surface area (Å²) in [5, 5.41) is 7.29. The lowest BCUT2D eigenvalue weighted by Crippen LogP contribution is -2.44. The highest BCUT2D eigenvalue weighted by molar-refractivity contribution is 6.33. The maximum Gasteiger partial charge on any atom is 0.260 e. The number of fused-ring (bicyclic) bond motifs is 1. The molecule has 4 aromatic rings. The van der Waals surface area contributed by atoms with Gasteiger partial charge in [-0.1, -0.05) is 36.6 Å². The zero-order valence-corrected chi connectivity index (χ0v) is 29.3. The number of hydrogen-bond donors (Lipinski definition) is 2. The van der Waals surface area contributed by atoms with Crippen LogP contribution < -0.4 is 21.1 Å². The van der Waals surface area contributed by atoms with Gasteiger partial charge in [-0.3, -0.25) is 14.2 Å². The Morgan fingerprint density at radius 2 is 1.71 bits per heavy atom. The predicted molar refractivity (Wildman–Crippen MR) is 195 cm³/mol. The smallest absolute Gasteiger partial charge is 0.260 e. The molecule has 1 aliphatic heterocycles. The van der Waals surface area contributed by atoms with Crippen molar-refractivity contribution < 1.29 is 9.18 Å². The lowest BCUT2D eigenvalue weighted by Gasteiger charge is -2.35. The molecule has 2 aromatic carbocycles. The summed E-state index contributed by atoms with van der Waals surface area (Å²) in [7, 11) is 2.15. The van der Waals surface area contributed by atoms with Gasteiger partial charge in [0.25, 0.3) is 5.56 Å². The van der Waals surface area contributed by atoms with E-state index >= 15 is 0 Å². The number of carbonyl (C=O) groups excluding carboxylic acids is 1. The highest BCUT2D eigenvalue weighted by Gasteiger charge is 2.31. The first-order valence-electron chi connectivity index (χ1n) is 17.7. The fraction of sp³-hybridized carbons (Fsp3) is 0.474. The van der Waals surface area contributed by atoms with E-state index in [0.717, 1.165) is 76.0 Å². The van der Waals surface area contributed by atoms with Crippen molar-refractivity contribution in [3.05, 3.63) is 74.9 Å². The molecule has 2 aliphatic carbocycles. The Kier molecular flexibility index (Phi) is 9.61. The number of benzene rings is 2. The number of halogens is 2. The van der Waals surface area contributed by atoms with Crippen LogP contribution in [0.2, 0.25) is 5.02 Å². The Bertz CT molecular complexity index is 1930. The minimum Gasteiger partial charge on any atom is -0.369 e. The zero-order chi connectivity index (χ0) is 34.2. The maximum absolute atomic E-state index is 14.7. The number of aromatic nitrogens is 3. The SMILES string of the molecule is Cc1cc(Nc2ncc3c(C)c(-c4cccc(F)c4Cl)c(=O)n(C4CCC(NC(=O)C5CCCC5)CC4)c3n2)ccc1N1CCN(C)CC1. The number of carbonyl (C=O) groups is 1. The van der Waals surface area contributed by atoms with E-state index in [1.165, 1.54) is 11.8 Å². The van der Waals surface area contributed by atoms with E-state index in [0.29, 0.717) is 46.5 Å². The van der Waals surface area contributed by atoms with Gasteiger partial charge < -0.3 is 20.4 Å². The van der Waals surface area contributed by atoms with E-state index in [1.807, 2.05) is 13.0 Å². The molecule has 9 nitrogen and oxygen atoms in total. The monoisotopic (exact) mass is 685 g/mol. The quantitative estimate of drug-likeness (QED) is 0.213. The molecule has 258 valence electrons. The van der Waals surface area contributed by atoms with E-state index in [4.69, 9.17) is 16.6 Å². The molecule has 2 saturated carbocycles. The number of nitrogens with one attached hydrogen (secondary N) is 2. The third-order valence-corrected chi connectivity index (χ3v) is 11.2. The van der Waals surface area contributed by atoms with Gasteiger partial charge in [-0.25, -0.2) is 9.37 Å². The number of aryl methyl sites for hydroxylation is 2. The molecule has 0 atom stereocenters. The van der Waals surface area contributed by atoms with Crippen molar-refractivity contribution in [2.24, 2.45) is 5.92 Å². The molecule has 2 aromatic heterocycles. The van der Waals surface area contributed by atoms with Crippen LogP contribution in [-0.2, 0) is 4.79 Å². The molecule has 49 heavy (non-hydrogen) atoms. The Labute approximate surface area is 291 Å². The second kappa shape index (κ2) is 14.1. The van der Waals surface area contributed by atoms with Gasteiger partial charge >= 0.3 is 0 Å². The van der Waals surface area contributed by atoms with Crippen molar-refractivity contribution in [2.75, 3.05) is 43.4 Å². The number of pyridine rings is 1. The summed E-state index contributed by atoms with van der Waals surface area (Å²) < 4.78 is 16.4. The van der Waals surface area contributed by atoms with Crippen molar-refractivity contribution in [3.8, 4) is 11.1 Å². The Hall–Kier alpha value is -4.02. The average Bonchev–Trinajstić information content (AvgIpc) is 3.64. The summed E-state index contributed by atoms with van der Waals surface area (Å²) in [4.78, 5) is 41.8. The van der Waals surface area contributed by atoms with Crippen LogP contribution >= 0.6 is 11.6 Å². The molecule has 1 amide bonds. The zero-order valence-electron chi connectivity index (χ0n) is 28.6. The van der Waals surface area contributed by atoms with Crippen molar-refractivity contribution in [2.45, 2.75) is 77.3 Å².